The van der Waals surface area contributed by atoms with E-state index in [0.29, 0.717) is 30.4 Å². The van der Waals surface area contributed by atoms with Gasteiger partial charge >= 0.3 is 5.97 Å². The number of carbonyl (C=O) groups is 2. The van der Waals surface area contributed by atoms with Crippen molar-refractivity contribution in [2.24, 2.45) is 0 Å². The first kappa shape index (κ1) is 15.0. The Labute approximate surface area is 120 Å². The molecule has 0 aliphatic carbocycles. The Kier molecular flexibility index (Phi) is 4.92. The summed E-state index contributed by atoms with van der Waals surface area (Å²) in [5, 5.41) is 11.7. The Morgan fingerprint density at radius 1 is 1.19 bits per heavy atom. The first-order chi connectivity index (χ1) is 10.1. The summed E-state index contributed by atoms with van der Waals surface area (Å²) in [7, 11) is 0. The lowest BCUT2D eigenvalue weighted by Crippen LogP contribution is -2.23. The number of carboxylic acids is 1. The Balaban J connectivity index is 1.81. The van der Waals surface area contributed by atoms with Gasteiger partial charge in [-0.3, -0.25) is 9.59 Å². The number of nitrogens with one attached hydrogen (secondary N) is 1. The zero-order chi connectivity index (χ0) is 15.2. The molecule has 112 valence electrons. The van der Waals surface area contributed by atoms with Gasteiger partial charge in [-0.05, 0) is 37.1 Å². The van der Waals surface area contributed by atoms with Crippen LogP contribution in [0, 0.1) is 5.82 Å². The third-order valence-electron chi connectivity index (χ3n) is 3.06. The molecule has 1 aromatic heterocycles. The van der Waals surface area contributed by atoms with Crippen molar-refractivity contribution in [3.05, 3.63) is 35.8 Å². The molecule has 21 heavy (non-hydrogen) atoms. The molecule has 6 heteroatoms. The minimum Gasteiger partial charge on any atom is -0.481 e. The van der Waals surface area contributed by atoms with Crippen molar-refractivity contribution in [1.82, 2.24) is 5.32 Å². The van der Waals surface area contributed by atoms with Crippen molar-refractivity contribution in [2.45, 2.75) is 25.7 Å². The minimum atomic E-state index is -0.812. The smallest absolute Gasteiger partial charge is 0.303 e. The van der Waals surface area contributed by atoms with Gasteiger partial charge in [0.05, 0.1) is 0 Å². The van der Waals surface area contributed by atoms with E-state index in [2.05, 4.69) is 5.32 Å². The second-order valence-corrected chi connectivity index (χ2v) is 4.75. The van der Waals surface area contributed by atoms with Gasteiger partial charge in [-0.2, -0.15) is 0 Å². The standard InChI is InChI=1S/C15H16FNO4/c16-11-5-6-12-10(8-11)9-13(21-12)15(20)17-7-3-1-2-4-14(18)19/h5-6,8-9H,1-4,7H2,(H,17,20)(H,18,19). The molecule has 0 radical (unpaired) electrons. The van der Waals surface area contributed by atoms with Gasteiger partial charge in [0.2, 0.25) is 0 Å². The number of rotatable bonds is 7. The highest BCUT2D eigenvalue weighted by Crippen LogP contribution is 2.20. The van der Waals surface area contributed by atoms with E-state index >= 15 is 0 Å². The van der Waals surface area contributed by atoms with Crippen LogP contribution in [0.5, 0.6) is 0 Å². The fourth-order valence-corrected chi connectivity index (χ4v) is 1.99. The molecule has 0 saturated carbocycles. The third-order valence-corrected chi connectivity index (χ3v) is 3.06. The van der Waals surface area contributed by atoms with E-state index in [4.69, 9.17) is 9.52 Å². The number of hydrogen-bond donors (Lipinski definition) is 2. The summed E-state index contributed by atoms with van der Waals surface area (Å²) in [6.07, 6.45) is 2.17. The predicted octanol–water partition coefficient (Wildman–Crippen LogP) is 2.95. The van der Waals surface area contributed by atoms with Crippen molar-refractivity contribution in [2.75, 3.05) is 6.54 Å². The van der Waals surface area contributed by atoms with Crippen LogP contribution in [-0.2, 0) is 4.79 Å². The zero-order valence-electron chi connectivity index (χ0n) is 11.4. The Bertz CT molecular complexity index is 650. The maximum Gasteiger partial charge on any atom is 0.303 e. The molecule has 1 aromatic carbocycles. The molecular weight excluding hydrogens is 277 g/mol. The van der Waals surface area contributed by atoms with E-state index in [0.717, 1.165) is 6.42 Å². The van der Waals surface area contributed by atoms with Crippen molar-refractivity contribution < 1.29 is 23.5 Å². The molecule has 0 bridgehead atoms. The molecule has 2 aromatic rings. The summed E-state index contributed by atoms with van der Waals surface area (Å²) in [5.41, 5.74) is 0.461. The third kappa shape index (κ3) is 4.30. The molecule has 5 nitrogen and oxygen atoms in total. The lowest BCUT2D eigenvalue weighted by Gasteiger charge is -2.02. The molecule has 0 aliphatic heterocycles. The maximum absolute atomic E-state index is 13.0. The number of halogens is 1. The summed E-state index contributed by atoms with van der Waals surface area (Å²) < 4.78 is 18.4. The first-order valence-electron chi connectivity index (χ1n) is 6.75. The fourth-order valence-electron chi connectivity index (χ4n) is 1.99. The number of hydrogen-bond acceptors (Lipinski definition) is 3. The van der Waals surface area contributed by atoms with Crippen molar-refractivity contribution in [3.8, 4) is 0 Å². The number of carboxylic acid groups (broad SMARTS) is 1. The summed E-state index contributed by atoms with van der Waals surface area (Å²) in [4.78, 5) is 22.2. The van der Waals surface area contributed by atoms with Crippen molar-refractivity contribution in [3.63, 3.8) is 0 Å². The van der Waals surface area contributed by atoms with Gasteiger partial charge in [-0.25, -0.2) is 4.39 Å². The topological polar surface area (TPSA) is 79.5 Å². The van der Waals surface area contributed by atoms with Gasteiger partial charge in [0.1, 0.15) is 11.4 Å². The van der Waals surface area contributed by atoms with Crippen molar-refractivity contribution >= 4 is 22.8 Å². The number of fused-ring (bicyclic) bond motifs is 1. The van der Waals surface area contributed by atoms with Gasteiger partial charge in [0, 0.05) is 18.4 Å². The Morgan fingerprint density at radius 3 is 2.76 bits per heavy atom. The summed E-state index contributed by atoms with van der Waals surface area (Å²) in [5.74, 6) is -1.41. The molecule has 0 spiro atoms. The van der Waals surface area contributed by atoms with Crippen molar-refractivity contribution in [1.29, 1.82) is 0 Å². The minimum absolute atomic E-state index is 0.140. The molecule has 0 atom stereocenters. The van der Waals surface area contributed by atoms with E-state index in [9.17, 15) is 14.0 Å². The van der Waals surface area contributed by atoms with Gasteiger partial charge in [-0.15, -0.1) is 0 Å². The van der Waals surface area contributed by atoms with Gasteiger partial charge in [0.15, 0.2) is 5.76 Å². The van der Waals surface area contributed by atoms with Crippen LogP contribution in [0.1, 0.15) is 36.2 Å². The molecule has 0 saturated heterocycles. The number of aliphatic carboxylic acids is 1. The molecule has 1 amide bonds. The van der Waals surface area contributed by atoms with Gasteiger partial charge < -0.3 is 14.8 Å². The first-order valence-corrected chi connectivity index (χ1v) is 6.75. The van der Waals surface area contributed by atoms with Crippen LogP contribution in [-0.4, -0.2) is 23.5 Å². The zero-order valence-corrected chi connectivity index (χ0v) is 11.4. The monoisotopic (exact) mass is 293 g/mol. The lowest BCUT2D eigenvalue weighted by molar-refractivity contribution is -0.137. The number of furan rings is 1. The lowest BCUT2D eigenvalue weighted by atomic mass is 10.2. The molecule has 2 rings (SSSR count). The summed E-state index contributed by atoms with van der Waals surface area (Å²) in [6.45, 7) is 0.448. The Morgan fingerprint density at radius 2 is 2.00 bits per heavy atom. The van der Waals surface area contributed by atoms with Crippen LogP contribution in [0.4, 0.5) is 4.39 Å². The average Bonchev–Trinajstić information content (AvgIpc) is 2.85. The SMILES string of the molecule is O=C(O)CCCCCNC(=O)c1cc2cc(F)ccc2o1. The van der Waals surface area contributed by atoms with E-state index in [1.54, 1.807) is 0 Å². The van der Waals surface area contributed by atoms with Crippen LogP contribution in [0.25, 0.3) is 11.0 Å². The molecule has 0 unspecified atom stereocenters. The normalized spacial score (nSPS) is 10.7. The molecule has 0 fully saturated rings. The average molecular weight is 293 g/mol. The highest BCUT2D eigenvalue weighted by Gasteiger charge is 2.12. The second kappa shape index (κ2) is 6.88. The Hall–Kier alpha value is -2.37. The largest absolute Gasteiger partial charge is 0.481 e. The van der Waals surface area contributed by atoms with Crippen LogP contribution in [0.15, 0.2) is 28.7 Å². The fraction of sp³-hybridized carbons (Fsp3) is 0.333. The number of amides is 1. The van der Waals surface area contributed by atoms with Gasteiger partial charge in [0.25, 0.3) is 5.91 Å². The maximum atomic E-state index is 13.0. The van der Waals surface area contributed by atoms with Crippen LogP contribution in [0.3, 0.4) is 0 Å². The van der Waals surface area contributed by atoms with Crippen LogP contribution < -0.4 is 5.32 Å². The predicted molar refractivity (Wildman–Crippen MR) is 74.6 cm³/mol. The highest BCUT2D eigenvalue weighted by molar-refractivity contribution is 5.96. The van der Waals surface area contributed by atoms with E-state index in [-0.39, 0.29) is 23.9 Å². The molecule has 2 N–H and O–H groups in total. The van der Waals surface area contributed by atoms with E-state index in [1.807, 2.05) is 0 Å². The van der Waals surface area contributed by atoms with Gasteiger partial charge in [-0.1, -0.05) is 6.42 Å². The van der Waals surface area contributed by atoms with Crippen LogP contribution in [0.2, 0.25) is 0 Å². The molecular formula is C15H16FNO4. The molecule has 1 heterocycles. The second-order valence-electron chi connectivity index (χ2n) is 4.75. The van der Waals surface area contributed by atoms with E-state index < -0.39 is 5.97 Å². The quantitative estimate of drug-likeness (QED) is 0.769. The van der Waals surface area contributed by atoms with E-state index in [1.165, 1.54) is 24.3 Å². The summed E-state index contributed by atoms with van der Waals surface area (Å²) >= 11 is 0. The number of carbonyl (C=O) groups excluding carboxylic acids is 1. The highest BCUT2D eigenvalue weighted by atomic mass is 19.1. The summed E-state index contributed by atoms with van der Waals surface area (Å²) in [6, 6.07) is 5.56. The van der Waals surface area contributed by atoms with Crippen LogP contribution >= 0.6 is 0 Å². The number of benzene rings is 1. The molecule has 0 aliphatic rings. The number of unbranched alkanes of at least 4 members (excludes halogenated alkanes) is 2.